The van der Waals surface area contributed by atoms with Crippen molar-refractivity contribution in [1.82, 2.24) is 0 Å². The molecular weight excluding hydrogens is 751 g/mol. The van der Waals surface area contributed by atoms with E-state index in [4.69, 9.17) is 18.6 Å². The van der Waals surface area contributed by atoms with E-state index in [1.807, 2.05) is 45.0 Å². The molecular formula is C44H55B2F3O7S. The van der Waals surface area contributed by atoms with Crippen molar-refractivity contribution in [3.63, 3.8) is 0 Å². The van der Waals surface area contributed by atoms with Crippen molar-refractivity contribution in [3.8, 4) is 5.75 Å². The minimum absolute atomic E-state index is 0.150. The van der Waals surface area contributed by atoms with Gasteiger partial charge < -0.3 is 22.8 Å². The molecule has 0 spiro atoms. The van der Waals surface area contributed by atoms with Gasteiger partial charge in [0.25, 0.3) is 0 Å². The Hall–Kier alpha value is -3.61. The Morgan fingerprint density at radius 2 is 0.754 bits per heavy atom. The van der Waals surface area contributed by atoms with Gasteiger partial charge >= 0.3 is 29.9 Å². The SMILES string of the molecule is CC(C)(c1ccc(B2OC(C)(C)C(C)(C)O2)cc1)c1ccc(B2OC(C)(C)C(C)(C)O2)cc1.Cc1ccc(C(C)(C)c2ccc(OS(=O)(=O)C(F)(F)F)cc2)cc1. The predicted molar refractivity (Wildman–Crippen MR) is 222 cm³/mol. The Balaban J connectivity index is 0.000000230. The van der Waals surface area contributed by atoms with E-state index in [-0.39, 0.29) is 47.8 Å². The lowest BCUT2D eigenvalue weighted by Gasteiger charge is -2.32. The van der Waals surface area contributed by atoms with Crippen LogP contribution in [0.3, 0.4) is 0 Å². The molecule has 0 N–H and O–H groups in total. The average Bonchev–Trinajstić information content (AvgIpc) is 3.47. The molecule has 0 aliphatic carbocycles. The average molecular weight is 807 g/mol. The molecule has 6 rings (SSSR count). The first kappa shape index (κ1) is 44.5. The van der Waals surface area contributed by atoms with Crippen molar-refractivity contribution < 1.29 is 44.4 Å². The van der Waals surface area contributed by atoms with Crippen LogP contribution in [-0.2, 0) is 39.6 Å². The summed E-state index contributed by atoms with van der Waals surface area (Å²) in [5, 5.41) is 0. The third-order valence-corrected chi connectivity index (χ3v) is 13.1. The van der Waals surface area contributed by atoms with Gasteiger partial charge in [-0.25, -0.2) is 0 Å². The van der Waals surface area contributed by atoms with Gasteiger partial charge in [-0.05, 0) is 108 Å². The Labute approximate surface area is 338 Å². The second-order valence-electron chi connectivity index (χ2n) is 18.0. The molecule has 2 aliphatic rings. The lowest BCUT2D eigenvalue weighted by Crippen LogP contribution is -2.41. The highest BCUT2D eigenvalue weighted by Crippen LogP contribution is 2.39. The van der Waals surface area contributed by atoms with E-state index in [1.54, 1.807) is 12.1 Å². The highest BCUT2D eigenvalue weighted by atomic mass is 32.2. The molecule has 0 bridgehead atoms. The van der Waals surface area contributed by atoms with Gasteiger partial charge in [0.05, 0.1) is 22.4 Å². The van der Waals surface area contributed by atoms with Crippen LogP contribution in [0.15, 0.2) is 97.1 Å². The molecule has 57 heavy (non-hydrogen) atoms. The number of rotatable bonds is 8. The van der Waals surface area contributed by atoms with E-state index in [2.05, 4.69) is 122 Å². The third kappa shape index (κ3) is 9.18. The van der Waals surface area contributed by atoms with E-state index in [9.17, 15) is 21.6 Å². The van der Waals surface area contributed by atoms with E-state index in [0.717, 1.165) is 27.6 Å². The van der Waals surface area contributed by atoms with Crippen LogP contribution in [0.1, 0.15) is 111 Å². The maximum atomic E-state index is 12.3. The number of benzene rings is 4. The van der Waals surface area contributed by atoms with Crippen LogP contribution in [0.25, 0.3) is 0 Å². The Morgan fingerprint density at radius 3 is 1.04 bits per heavy atom. The monoisotopic (exact) mass is 806 g/mol. The number of halogens is 3. The maximum absolute atomic E-state index is 12.3. The molecule has 0 amide bonds. The fourth-order valence-corrected chi connectivity index (χ4v) is 6.94. The molecule has 2 fully saturated rings. The van der Waals surface area contributed by atoms with Crippen LogP contribution in [0.4, 0.5) is 13.2 Å². The topological polar surface area (TPSA) is 80.3 Å². The summed E-state index contributed by atoms with van der Waals surface area (Å²) in [5.74, 6) is -0.379. The molecule has 2 saturated heterocycles. The van der Waals surface area contributed by atoms with Crippen molar-refractivity contribution in [2.45, 2.75) is 129 Å². The summed E-state index contributed by atoms with van der Waals surface area (Å²) in [5.41, 5.74) is 0.200. The highest BCUT2D eigenvalue weighted by Gasteiger charge is 2.53. The molecule has 0 radical (unpaired) electrons. The molecule has 0 unspecified atom stereocenters. The van der Waals surface area contributed by atoms with Crippen molar-refractivity contribution in [2.24, 2.45) is 0 Å². The molecule has 306 valence electrons. The van der Waals surface area contributed by atoms with Crippen LogP contribution in [-0.4, -0.2) is 50.6 Å². The Bertz CT molecular complexity index is 2010. The van der Waals surface area contributed by atoms with Gasteiger partial charge in [0.15, 0.2) is 0 Å². The van der Waals surface area contributed by atoms with Gasteiger partial charge in [-0.15, -0.1) is 0 Å². The number of hydrogen-bond donors (Lipinski definition) is 0. The fourth-order valence-electron chi connectivity index (χ4n) is 6.48. The fraction of sp³-hybridized carbons (Fsp3) is 0.455. The Morgan fingerprint density at radius 1 is 0.491 bits per heavy atom. The first-order valence-corrected chi connectivity index (χ1v) is 20.5. The number of hydrogen-bond acceptors (Lipinski definition) is 7. The first-order valence-electron chi connectivity index (χ1n) is 19.1. The van der Waals surface area contributed by atoms with Crippen LogP contribution in [0.5, 0.6) is 5.75 Å². The molecule has 2 heterocycles. The lowest BCUT2D eigenvalue weighted by molar-refractivity contribution is -0.0500. The van der Waals surface area contributed by atoms with Gasteiger partial charge in [0.2, 0.25) is 0 Å². The zero-order valence-corrected chi connectivity index (χ0v) is 36.1. The summed E-state index contributed by atoms with van der Waals surface area (Å²) >= 11 is 0. The van der Waals surface area contributed by atoms with E-state index >= 15 is 0 Å². The van der Waals surface area contributed by atoms with Crippen molar-refractivity contribution in [3.05, 3.63) is 125 Å². The molecule has 2 aliphatic heterocycles. The molecule has 0 aromatic heterocycles. The second kappa shape index (κ2) is 15.2. The summed E-state index contributed by atoms with van der Waals surface area (Å²) in [7, 11) is -6.34. The van der Waals surface area contributed by atoms with E-state index in [1.165, 1.54) is 23.3 Å². The summed E-state index contributed by atoms with van der Waals surface area (Å²) in [6.07, 6.45) is 0. The van der Waals surface area contributed by atoms with Crippen molar-refractivity contribution >= 4 is 35.3 Å². The first-order chi connectivity index (χ1) is 26.0. The van der Waals surface area contributed by atoms with E-state index in [0.29, 0.717) is 0 Å². The zero-order valence-electron chi connectivity index (χ0n) is 35.3. The maximum Gasteiger partial charge on any atom is 0.534 e. The number of alkyl halides is 3. The van der Waals surface area contributed by atoms with Gasteiger partial charge in [0.1, 0.15) is 5.75 Å². The highest BCUT2D eigenvalue weighted by molar-refractivity contribution is 7.88. The van der Waals surface area contributed by atoms with Crippen LogP contribution >= 0.6 is 0 Å². The van der Waals surface area contributed by atoms with Crippen LogP contribution in [0, 0.1) is 6.92 Å². The van der Waals surface area contributed by atoms with Gasteiger partial charge in [-0.1, -0.05) is 118 Å². The second-order valence-corrected chi connectivity index (χ2v) is 19.6. The van der Waals surface area contributed by atoms with E-state index < -0.39 is 21.0 Å². The molecule has 4 aromatic carbocycles. The minimum atomic E-state index is -5.66. The predicted octanol–water partition coefficient (Wildman–Crippen LogP) is 9.16. The molecule has 0 saturated carbocycles. The van der Waals surface area contributed by atoms with Crippen LogP contribution < -0.4 is 15.1 Å². The molecule has 0 atom stereocenters. The summed E-state index contributed by atoms with van der Waals surface area (Å²) < 4.78 is 87.9. The molecule has 7 nitrogen and oxygen atoms in total. The van der Waals surface area contributed by atoms with Gasteiger partial charge in [0, 0.05) is 10.8 Å². The number of aryl methyl sites for hydroxylation is 1. The van der Waals surface area contributed by atoms with Gasteiger partial charge in [-0.3, -0.25) is 0 Å². The quantitative estimate of drug-likeness (QED) is 0.0999. The smallest absolute Gasteiger partial charge is 0.399 e. The molecule has 4 aromatic rings. The Kier molecular flexibility index (Phi) is 11.9. The largest absolute Gasteiger partial charge is 0.534 e. The summed E-state index contributed by atoms with van der Waals surface area (Å²) in [4.78, 5) is 0. The van der Waals surface area contributed by atoms with Gasteiger partial charge in [-0.2, -0.15) is 21.6 Å². The summed E-state index contributed by atoms with van der Waals surface area (Å²) in [6.45, 7) is 27.1. The third-order valence-electron chi connectivity index (χ3n) is 12.2. The summed E-state index contributed by atoms with van der Waals surface area (Å²) in [6, 6.07) is 30.7. The van der Waals surface area contributed by atoms with Crippen LogP contribution in [0.2, 0.25) is 0 Å². The minimum Gasteiger partial charge on any atom is -0.399 e. The normalized spacial score (nSPS) is 18.9. The lowest BCUT2D eigenvalue weighted by atomic mass is 9.73. The zero-order chi connectivity index (χ0) is 42.6. The standard InChI is InChI=1S/C27H38B2O4.C17H17F3O3S/c1-23(2,19-11-15-21(16-12-19)28-30-24(3,4)25(5,6)31-28)20-13-17-22(18-14-20)29-32-26(7,8)27(9,10)33-29;1-12-4-6-13(7-5-12)16(2,3)14-8-10-15(11-9-14)23-24(21,22)17(18,19)20/h11-18H,1-10H3;4-11H,1-3H3. The van der Waals surface area contributed by atoms with Crippen molar-refractivity contribution in [1.29, 1.82) is 0 Å². The van der Waals surface area contributed by atoms with Crippen molar-refractivity contribution in [2.75, 3.05) is 0 Å². The molecule has 13 heteroatoms.